The molecule has 0 unspecified atom stereocenters. The Bertz CT molecular complexity index is 1480. The summed E-state index contributed by atoms with van der Waals surface area (Å²) in [4.78, 5) is 31.8. The molecule has 1 aromatic heterocycles. The molecule has 4 N–H and O–H groups in total. The summed E-state index contributed by atoms with van der Waals surface area (Å²) < 4.78 is 27.0. The van der Waals surface area contributed by atoms with E-state index in [4.69, 9.17) is 11.6 Å². The van der Waals surface area contributed by atoms with Gasteiger partial charge in [0.1, 0.15) is 5.69 Å². The van der Waals surface area contributed by atoms with Gasteiger partial charge in [-0.05, 0) is 67.7 Å². The van der Waals surface area contributed by atoms with E-state index < -0.39 is 17.5 Å². The van der Waals surface area contributed by atoms with Crippen molar-refractivity contribution in [3.63, 3.8) is 0 Å². The van der Waals surface area contributed by atoms with E-state index in [-0.39, 0.29) is 23.7 Å². The molecular formula is C27H25F2N5O2. The molecule has 0 fully saturated rings. The molecule has 36 heavy (non-hydrogen) atoms. The molecule has 2 amide bonds. The van der Waals surface area contributed by atoms with E-state index in [2.05, 4.69) is 10.1 Å². The lowest BCUT2D eigenvalue weighted by Gasteiger charge is -2.28. The lowest BCUT2D eigenvalue weighted by Crippen LogP contribution is -2.35. The highest BCUT2D eigenvalue weighted by Crippen LogP contribution is 2.29. The van der Waals surface area contributed by atoms with Crippen molar-refractivity contribution in [2.75, 3.05) is 6.54 Å². The average Bonchev–Trinajstić information content (AvgIpc) is 2.86. The molecule has 0 aliphatic carbocycles. The normalized spacial score (nSPS) is 15.4. The van der Waals surface area contributed by atoms with Crippen LogP contribution in [-0.2, 0) is 6.42 Å². The maximum atomic E-state index is 14.0. The van der Waals surface area contributed by atoms with Crippen LogP contribution in [0.3, 0.4) is 0 Å². The van der Waals surface area contributed by atoms with Crippen molar-refractivity contribution < 1.29 is 18.4 Å². The van der Waals surface area contributed by atoms with Crippen LogP contribution < -0.4 is 11.6 Å². The molecule has 3 aromatic rings. The number of aryl methyl sites for hydroxylation is 1. The molecule has 2 heterocycles. The summed E-state index contributed by atoms with van der Waals surface area (Å²) in [7, 11) is 0. The van der Waals surface area contributed by atoms with Crippen molar-refractivity contribution in [1.29, 1.82) is 0 Å². The molecule has 0 radical (unpaired) electrons. The molecule has 9 heteroatoms. The first kappa shape index (κ1) is 24.7. The van der Waals surface area contributed by atoms with Gasteiger partial charge in [0, 0.05) is 11.9 Å². The van der Waals surface area contributed by atoms with Crippen LogP contribution in [0, 0.1) is 11.6 Å². The second kappa shape index (κ2) is 10.1. The van der Waals surface area contributed by atoms with Gasteiger partial charge in [0.2, 0.25) is 0 Å². The van der Waals surface area contributed by atoms with Gasteiger partial charge in [0.05, 0.1) is 22.5 Å². The predicted octanol–water partition coefficient (Wildman–Crippen LogP) is 4.32. The summed E-state index contributed by atoms with van der Waals surface area (Å²) in [6.07, 6.45) is 4.59. The van der Waals surface area contributed by atoms with Crippen LogP contribution in [0.25, 0.3) is 17.0 Å². The van der Waals surface area contributed by atoms with Gasteiger partial charge >= 0.3 is 0 Å². The summed E-state index contributed by atoms with van der Waals surface area (Å²) in [5, 5.41) is 4.44. The standard InChI is InChI=1S/C27H25F2N5O2/c1-15(8-9-17-10-11-20(28)21(29)13-17)25(16(2)33-31)34-12-4-6-18-5-3-7-22-24(18)19(27(34)36)14-23(32-22)26(30)35/h3-7,10-11,13-14H,8-9,12,31H2,1-2H3,(H2,30,35)/b6-4+,25-15+,33-16-. The second-order valence-corrected chi connectivity index (χ2v) is 8.57. The molecule has 0 saturated carbocycles. The number of primary amides is 1. The van der Waals surface area contributed by atoms with Crippen molar-refractivity contribution in [3.05, 3.63) is 93.8 Å². The Balaban J connectivity index is 1.80. The fourth-order valence-corrected chi connectivity index (χ4v) is 4.40. The first-order chi connectivity index (χ1) is 17.2. The Hall–Kier alpha value is -4.40. The molecule has 0 saturated heterocycles. The van der Waals surface area contributed by atoms with Crippen molar-refractivity contribution in [1.82, 2.24) is 9.88 Å². The first-order valence-electron chi connectivity index (χ1n) is 11.3. The summed E-state index contributed by atoms with van der Waals surface area (Å²) >= 11 is 0. The minimum Gasteiger partial charge on any atom is -0.364 e. The number of benzene rings is 2. The van der Waals surface area contributed by atoms with Gasteiger partial charge < -0.3 is 16.5 Å². The van der Waals surface area contributed by atoms with E-state index in [1.807, 2.05) is 25.1 Å². The van der Waals surface area contributed by atoms with Crippen molar-refractivity contribution in [2.45, 2.75) is 26.7 Å². The van der Waals surface area contributed by atoms with Gasteiger partial charge in [-0.15, -0.1) is 0 Å². The third-order valence-electron chi connectivity index (χ3n) is 6.16. The Morgan fingerprint density at radius 2 is 1.92 bits per heavy atom. The van der Waals surface area contributed by atoms with Crippen LogP contribution in [0.15, 0.2) is 64.9 Å². The van der Waals surface area contributed by atoms with E-state index in [1.54, 1.807) is 19.1 Å². The number of halogens is 2. The molecule has 2 aromatic carbocycles. The fraction of sp³-hybridized carbons (Fsp3) is 0.185. The maximum Gasteiger partial charge on any atom is 0.267 e. The average molecular weight is 490 g/mol. The predicted molar refractivity (Wildman–Crippen MR) is 135 cm³/mol. The van der Waals surface area contributed by atoms with Gasteiger partial charge in [-0.25, -0.2) is 13.8 Å². The molecular weight excluding hydrogens is 464 g/mol. The highest BCUT2D eigenvalue weighted by Gasteiger charge is 2.27. The third kappa shape index (κ3) is 4.72. The molecule has 7 nitrogen and oxygen atoms in total. The van der Waals surface area contributed by atoms with E-state index in [0.717, 1.165) is 23.3 Å². The van der Waals surface area contributed by atoms with E-state index >= 15 is 0 Å². The van der Waals surface area contributed by atoms with Crippen LogP contribution >= 0.6 is 0 Å². The molecule has 0 atom stereocenters. The zero-order chi connectivity index (χ0) is 26.0. The lowest BCUT2D eigenvalue weighted by molar-refractivity contribution is 0.0827. The molecule has 0 spiro atoms. The SMILES string of the molecule is CC(=N/N)/C(=C(/C)CCc1ccc(F)c(F)c1)N1C/C=C/c2cccc3nc(C(N)=O)cc(c23)C1=O. The first-order valence-corrected chi connectivity index (χ1v) is 11.3. The van der Waals surface area contributed by atoms with Crippen LogP contribution in [0.5, 0.6) is 0 Å². The number of hydrogen-bond acceptors (Lipinski definition) is 5. The number of nitrogens with two attached hydrogens (primary N) is 2. The highest BCUT2D eigenvalue weighted by atomic mass is 19.2. The van der Waals surface area contributed by atoms with Crippen molar-refractivity contribution in [2.24, 2.45) is 16.7 Å². The van der Waals surface area contributed by atoms with Crippen molar-refractivity contribution >= 4 is 34.5 Å². The van der Waals surface area contributed by atoms with Gasteiger partial charge in [-0.3, -0.25) is 9.59 Å². The van der Waals surface area contributed by atoms with Crippen LogP contribution in [0.4, 0.5) is 8.78 Å². The zero-order valence-corrected chi connectivity index (χ0v) is 19.9. The number of aromatic nitrogens is 1. The summed E-state index contributed by atoms with van der Waals surface area (Å²) in [6, 6.07) is 10.6. The van der Waals surface area contributed by atoms with E-state index in [0.29, 0.717) is 40.7 Å². The number of hydrogen-bond donors (Lipinski definition) is 2. The number of rotatable bonds is 6. The minimum atomic E-state index is -0.913. The third-order valence-corrected chi connectivity index (χ3v) is 6.16. The Morgan fingerprint density at radius 1 is 1.14 bits per heavy atom. The number of hydrazone groups is 1. The topological polar surface area (TPSA) is 115 Å². The molecule has 1 aliphatic rings. The van der Waals surface area contributed by atoms with E-state index in [9.17, 15) is 18.4 Å². The molecule has 1 aliphatic heterocycles. The van der Waals surface area contributed by atoms with Gasteiger partial charge in [-0.2, -0.15) is 5.10 Å². The van der Waals surface area contributed by atoms with Gasteiger partial charge in [-0.1, -0.05) is 30.4 Å². The van der Waals surface area contributed by atoms with Crippen LogP contribution in [0.2, 0.25) is 0 Å². The smallest absolute Gasteiger partial charge is 0.267 e. The molecule has 184 valence electrons. The Kier molecular flexibility index (Phi) is 6.91. The quantitative estimate of drug-likeness (QED) is 0.305. The Morgan fingerprint density at radius 3 is 2.61 bits per heavy atom. The monoisotopic (exact) mass is 489 g/mol. The lowest BCUT2D eigenvalue weighted by atomic mass is 9.97. The number of allylic oxidation sites excluding steroid dienone is 2. The second-order valence-electron chi connectivity index (χ2n) is 8.57. The van der Waals surface area contributed by atoms with Gasteiger partial charge in [0.25, 0.3) is 11.8 Å². The van der Waals surface area contributed by atoms with E-state index in [1.165, 1.54) is 17.0 Å². The largest absolute Gasteiger partial charge is 0.364 e. The molecule has 0 bridgehead atoms. The van der Waals surface area contributed by atoms with Crippen molar-refractivity contribution in [3.8, 4) is 0 Å². The summed E-state index contributed by atoms with van der Waals surface area (Å²) in [6.45, 7) is 3.75. The Labute approximate surface area is 206 Å². The van der Waals surface area contributed by atoms with Gasteiger partial charge in [0.15, 0.2) is 11.6 Å². The van der Waals surface area contributed by atoms with Crippen LogP contribution in [0.1, 0.15) is 52.2 Å². The number of pyridine rings is 1. The number of carbonyl (C=O) groups is 2. The minimum absolute atomic E-state index is 0.0164. The summed E-state index contributed by atoms with van der Waals surface area (Å²) in [5.41, 5.74) is 9.36. The van der Waals surface area contributed by atoms with Crippen LogP contribution in [-0.4, -0.2) is 34.0 Å². The zero-order valence-electron chi connectivity index (χ0n) is 19.9. The number of nitrogens with zero attached hydrogens (tertiary/aromatic N) is 3. The maximum absolute atomic E-state index is 14.0. The number of amides is 2. The number of carbonyl (C=O) groups excluding carboxylic acids is 2. The molecule has 4 rings (SSSR count). The highest BCUT2D eigenvalue weighted by molar-refractivity contribution is 6.14. The fourth-order valence-electron chi connectivity index (χ4n) is 4.40. The summed E-state index contributed by atoms with van der Waals surface area (Å²) in [5.74, 6) is 2.70.